The lowest BCUT2D eigenvalue weighted by atomic mass is 9.58. The molecule has 222 valence electrons. The number of nitrogens with two attached hydrogens (primary N) is 2. The monoisotopic (exact) mass is 566 g/mol. The number of nitrogens with one attached hydrogen (secondary N) is 1. The smallest absolute Gasteiger partial charge is 0.328 e. The van der Waals surface area contributed by atoms with Crippen LogP contribution in [-0.4, -0.2) is 34.6 Å². The fourth-order valence-electron chi connectivity index (χ4n) is 7.14. The Balaban J connectivity index is 1.52. The van der Waals surface area contributed by atoms with Gasteiger partial charge in [0.25, 0.3) is 0 Å². The summed E-state index contributed by atoms with van der Waals surface area (Å²) < 4.78 is 0. The first-order valence-corrected chi connectivity index (χ1v) is 15.5. The zero-order chi connectivity index (χ0) is 29.5. The van der Waals surface area contributed by atoms with Crippen LogP contribution in [0, 0.1) is 17.8 Å². The largest absolute Gasteiger partial charge is 0.478 e. The number of rotatable bonds is 14. The Labute approximate surface area is 249 Å². The van der Waals surface area contributed by atoms with Gasteiger partial charge in [-0.25, -0.2) is 9.79 Å². The first kappa shape index (κ1) is 29.5. The number of benzene rings is 2. The maximum absolute atomic E-state index is 11.9. The molecule has 0 radical (unpaired) electrons. The molecule has 0 saturated heterocycles. The zero-order valence-electron chi connectivity index (χ0n) is 24.6. The molecule has 1 heterocycles. The standard InChI is InChI=1S/C35H44N5O2/c1-2-3-4-5-6-10-23-14-15-26-18-27-17-24-11-7-8-12-25(24)19-29(27)34(23)30(26)21-31(40-32-13-9-16-38-32)28(20-33(41)42)22-39-35(36)37/h7-9,11-17,19-20,23,26,30-31,34,38H,2-6,10,18,21-22H2,1H3,(H,41,42)(H4,36,37,39)/q-1. The molecule has 42 heavy (non-hydrogen) atoms. The number of unbranched alkanes of at least 4 members (excludes halogenated alkanes) is 4. The van der Waals surface area contributed by atoms with Crippen LogP contribution < -0.4 is 11.5 Å². The predicted molar refractivity (Wildman–Crippen MR) is 172 cm³/mol. The molecule has 2 bridgehead atoms. The Kier molecular flexibility index (Phi) is 9.67. The zero-order valence-corrected chi connectivity index (χ0v) is 24.6. The number of carboxylic acids is 1. The maximum Gasteiger partial charge on any atom is 0.328 e. The quantitative estimate of drug-likeness (QED) is 0.0534. The van der Waals surface area contributed by atoms with Crippen molar-refractivity contribution in [1.82, 2.24) is 4.98 Å². The number of aromatic nitrogens is 1. The highest BCUT2D eigenvalue weighted by Crippen LogP contribution is 2.53. The van der Waals surface area contributed by atoms with Crippen LogP contribution in [0.25, 0.3) is 16.1 Å². The molecule has 5 rings (SSSR count). The van der Waals surface area contributed by atoms with E-state index < -0.39 is 5.97 Å². The van der Waals surface area contributed by atoms with Gasteiger partial charge in [-0.1, -0.05) is 112 Å². The van der Waals surface area contributed by atoms with E-state index in [0.717, 1.165) is 25.1 Å². The molecule has 0 aliphatic heterocycles. The lowest BCUT2D eigenvalue weighted by molar-refractivity contribution is -0.131. The lowest BCUT2D eigenvalue weighted by Gasteiger charge is -2.47. The molecule has 5 atom stereocenters. The highest BCUT2D eigenvalue weighted by atomic mass is 16.4. The molecule has 7 heteroatoms. The fraction of sp³-hybridized carbons (Fsp3) is 0.429. The Morgan fingerprint density at radius 2 is 1.88 bits per heavy atom. The summed E-state index contributed by atoms with van der Waals surface area (Å²) in [7, 11) is 0. The number of aliphatic imine (C=N–C) groups is 1. The molecule has 3 aromatic rings. The van der Waals surface area contributed by atoms with Crippen molar-refractivity contribution in [3.05, 3.63) is 95.0 Å². The highest BCUT2D eigenvalue weighted by molar-refractivity contribution is 5.84. The summed E-state index contributed by atoms with van der Waals surface area (Å²) in [5.41, 5.74) is 14.8. The second-order valence-electron chi connectivity index (χ2n) is 11.9. The minimum atomic E-state index is -1.02. The van der Waals surface area contributed by atoms with Crippen LogP contribution in [0.2, 0.25) is 0 Å². The Bertz CT molecular complexity index is 1440. The Morgan fingerprint density at radius 1 is 1.10 bits per heavy atom. The van der Waals surface area contributed by atoms with Gasteiger partial charge < -0.3 is 26.9 Å². The van der Waals surface area contributed by atoms with E-state index in [9.17, 15) is 9.90 Å². The molecular weight excluding hydrogens is 522 g/mol. The van der Waals surface area contributed by atoms with Crippen molar-refractivity contribution in [3.63, 3.8) is 0 Å². The number of aliphatic carboxylic acids is 1. The van der Waals surface area contributed by atoms with E-state index in [1.54, 1.807) is 0 Å². The molecule has 0 spiro atoms. The average molecular weight is 567 g/mol. The molecule has 5 unspecified atom stereocenters. The maximum atomic E-state index is 11.9. The van der Waals surface area contributed by atoms with Crippen LogP contribution >= 0.6 is 0 Å². The molecule has 0 saturated carbocycles. The van der Waals surface area contributed by atoms with Crippen LogP contribution in [0.1, 0.15) is 68.9 Å². The molecule has 2 aromatic carbocycles. The second kappa shape index (κ2) is 13.8. The first-order valence-electron chi connectivity index (χ1n) is 15.5. The van der Waals surface area contributed by atoms with Gasteiger partial charge in [-0.2, -0.15) is 0 Å². The van der Waals surface area contributed by atoms with Gasteiger partial charge in [0.2, 0.25) is 0 Å². The third-order valence-electron chi connectivity index (χ3n) is 9.09. The van der Waals surface area contributed by atoms with E-state index in [4.69, 9.17) is 16.8 Å². The Morgan fingerprint density at radius 3 is 2.60 bits per heavy atom. The van der Waals surface area contributed by atoms with Crippen LogP contribution in [0.15, 0.2) is 83.5 Å². The number of fused-ring (bicyclic) bond motifs is 5. The van der Waals surface area contributed by atoms with Gasteiger partial charge in [-0.05, 0) is 76.4 Å². The molecule has 1 aromatic heterocycles. The lowest BCUT2D eigenvalue weighted by Crippen LogP contribution is -2.38. The molecule has 2 aliphatic rings. The van der Waals surface area contributed by atoms with Gasteiger partial charge in [0.15, 0.2) is 5.96 Å². The van der Waals surface area contributed by atoms with Crippen molar-refractivity contribution in [1.29, 1.82) is 0 Å². The number of nitrogens with zero attached hydrogens (tertiary/aromatic N) is 2. The number of hydrogen-bond donors (Lipinski definition) is 4. The van der Waals surface area contributed by atoms with Gasteiger partial charge in [0.1, 0.15) is 0 Å². The molecule has 0 fully saturated rings. The number of aromatic amines is 1. The van der Waals surface area contributed by atoms with E-state index in [-0.39, 0.29) is 18.5 Å². The van der Waals surface area contributed by atoms with Crippen LogP contribution in [-0.2, 0) is 11.2 Å². The highest BCUT2D eigenvalue weighted by Gasteiger charge is 2.42. The third kappa shape index (κ3) is 7.07. The van der Waals surface area contributed by atoms with Crippen LogP contribution in [0.5, 0.6) is 0 Å². The van der Waals surface area contributed by atoms with Gasteiger partial charge in [0.05, 0.1) is 6.54 Å². The topological polar surface area (TPSA) is 132 Å². The van der Waals surface area contributed by atoms with Crippen LogP contribution in [0.3, 0.4) is 0 Å². The SMILES string of the molecule is CCCCCCCC1C=CC2Cc3cc4ccccc4cc3C1C2CC([N-]c1ccc[nH]1)C(=CC(=O)O)CN=C(N)N. The second-order valence-corrected chi connectivity index (χ2v) is 11.9. The summed E-state index contributed by atoms with van der Waals surface area (Å²) in [4.78, 5) is 19.3. The van der Waals surface area contributed by atoms with Crippen molar-refractivity contribution in [2.75, 3.05) is 6.54 Å². The number of allylic oxidation sites excluding steroid dienone is 2. The average Bonchev–Trinajstić information content (AvgIpc) is 3.48. The van der Waals surface area contributed by atoms with Crippen LogP contribution in [0.4, 0.5) is 5.82 Å². The minimum Gasteiger partial charge on any atom is -0.478 e. The van der Waals surface area contributed by atoms with Gasteiger partial charge in [-0.3, -0.25) is 0 Å². The molecule has 0 amide bonds. The summed E-state index contributed by atoms with van der Waals surface area (Å²) in [6, 6.07) is 16.9. The molecule has 2 aliphatic carbocycles. The van der Waals surface area contributed by atoms with Crippen molar-refractivity contribution >= 4 is 28.5 Å². The Hall–Kier alpha value is -4.00. The normalized spacial score (nSPS) is 22.0. The van der Waals surface area contributed by atoms with Gasteiger partial charge in [0, 0.05) is 6.08 Å². The number of hydrogen-bond acceptors (Lipinski definition) is 2. The van der Waals surface area contributed by atoms with Crippen molar-refractivity contribution in [2.24, 2.45) is 34.2 Å². The van der Waals surface area contributed by atoms with Gasteiger partial charge >= 0.3 is 5.97 Å². The number of carboxylic acid groups (broad SMARTS) is 1. The van der Waals surface area contributed by atoms with Crippen molar-refractivity contribution < 1.29 is 9.90 Å². The van der Waals surface area contributed by atoms with E-state index in [1.165, 1.54) is 60.1 Å². The van der Waals surface area contributed by atoms with Gasteiger partial charge in [-0.15, -0.1) is 0 Å². The van der Waals surface area contributed by atoms with E-state index in [0.29, 0.717) is 29.2 Å². The first-order chi connectivity index (χ1) is 20.4. The summed E-state index contributed by atoms with van der Waals surface area (Å²) in [6.45, 7) is 2.36. The summed E-state index contributed by atoms with van der Waals surface area (Å²) in [5.74, 6) is 1.08. The van der Waals surface area contributed by atoms with E-state index in [2.05, 4.69) is 65.5 Å². The molecule has 7 nitrogen and oxygen atoms in total. The van der Waals surface area contributed by atoms with Crippen molar-refractivity contribution in [3.8, 4) is 0 Å². The number of H-pyrrole nitrogens is 1. The molecule has 6 N–H and O–H groups in total. The summed E-state index contributed by atoms with van der Waals surface area (Å²) in [5, 5.41) is 17.4. The minimum absolute atomic E-state index is 0.0636. The van der Waals surface area contributed by atoms with E-state index in [1.807, 2.05) is 18.3 Å². The van der Waals surface area contributed by atoms with E-state index >= 15 is 0 Å². The molecular formula is C35H44N5O2-. The number of carbonyl (C=O) groups is 1. The predicted octanol–water partition coefficient (Wildman–Crippen LogP) is 7.34. The third-order valence-corrected chi connectivity index (χ3v) is 9.09. The fourth-order valence-corrected chi connectivity index (χ4v) is 7.14. The van der Waals surface area contributed by atoms with Crippen molar-refractivity contribution in [2.45, 2.75) is 70.3 Å². The summed E-state index contributed by atoms with van der Waals surface area (Å²) in [6.07, 6.45) is 17.2. The number of guanidine groups is 1. The summed E-state index contributed by atoms with van der Waals surface area (Å²) >= 11 is 0.